The lowest BCUT2D eigenvalue weighted by Crippen LogP contribution is -1.99. The lowest BCUT2D eigenvalue weighted by atomic mass is 10.3. The molecule has 0 radical (unpaired) electrons. The van der Waals surface area contributed by atoms with E-state index >= 15 is 0 Å². The standard InChI is InChI=1S/C8H14N2/c1-4-8(3)10-5-7(2)9-6-10/h5-6,8H,4H2,1-3H3/t8-/m0/s1. The van der Waals surface area contributed by atoms with E-state index in [-0.39, 0.29) is 0 Å². The molecule has 0 fully saturated rings. The summed E-state index contributed by atoms with van der Waals surface area (Å²) < 4.78 is 2.15. The molecule has 0 aliphatic rings. The summed E-state index contributed by atoms with van der Waals surface area (Å²) >= 11 is 0. The Morgan fingerprint density at radius 2 is 2.40 bits per heavy atom. The highest BCUT2D eigenvalue weighted by Gasteiger charge is 1.99. The van der Waals surface area contributed by atoms with Gasteiger partial charge in [-0.05, 0) is 20.3 Å². The Morgan fingerprint density at radius 1 is 1.70 bits per heavy atom. The molecule has 56 valence electrons. The molecule has 0 bridgehead atoms. The van der Waals surface area contributed by atoms with E-state index in [0.717, 1.165) is 12.1 Å². The van der Waals surface area contributed by atoms with Crippen LogP contribution in [0.5, 0.6) is 0 Å². The molecule has 1 aromatic rings. The molecule has 0 unspecified atom stereocenters. The van der Waals surface area contributed by atoms with Crippen LogP contribution in [0.15, 0.2) is 12.5 Å². The first-order valence-corrected chi connectivity index (χ1v) is 3.74. The van der Waals surface area contributed by atoms with Crippen molar-refractivity contribution in [1.82, 2.24) is 9.55 Å². The minimum atomic E-state index is 0.584. The normalized spacial score (nSPS) is 13.5. The number of aromatic nitrogens is 2. The Hall–Kier alpha value is -0.790. The first-order chi connectivity index (χ1) is 4.74. The van der Waals surface area contributed by atoms with Crippen molar-refractivity contribution in [3.63, 3.8) is 0 Å². The molecule has 0 saturated heterocycles. The van der Waals surface area contributed by atoms with Crippen LogP contribution < -0.4 is 0 Å². The van der Waals surface area contributed by atoms with E-state index in [1.165, 1.54) is 0 Å². The van der Waals surface area contributed by atoms with E-state index < -0.39 is 0 Å². The molecule has 1 aromatic heterocycles. The zero-order valence-corrected chi connectivity index (χ0v) is 6.83. The maximum absolute atomic E-state index is 4.15. The van der Waals surface area contributed by atoms with E-state index in [1.807, 2.05) is 13.3 Å². The first kappa shape index (κ1) is 7.32. The molecule has 0 aromatic carbocycles. The Balaban J connectivity index is 2.74. The van der Waals surface area contributed by atoms with Crippen LogP contribution in [0.4, 0.5) is 0 Å². The lowest BCUT2D eigenvalue weighted by molar-refractivity contribution is 0.530. The molecule has 0 spiro atoms. The van der Waals surface area contributed by atoms with Crippen molar-refractivity contribution < 1.29 is 0 Å². The highest BCUT2D eigenvalue weighted by Crippen LogP contribution is 2.09. The summed E-state index contributed by atoms with van der Waals surface area (Å²) in [5, 5.41) is 0. The molecular weight excluding hydrogens is 124 g/mol. The van der Waals surface area contributed by atoms with Gasteiger partial charge in [0.25, 0.3) is 0 Å². The number of nitrogens with zero attached hydrogens (tertiary/aromatic N) is 2. The minimum Gasteiger partial charge on any atom is -0.334 e. The van der Waals surface area contributed by atoms with Crippen LogP contribution >= 0.6 is 0 Å². The number of rotatable bonds is 2. The van der Waals surface area contributed by atoms with E-state index in [2.05, 4.69) is 29.6 Å². The molecule has 0 aliphatic carbocycles. The average Bonchev–Trinajstić information content (AvgIpc) is 2.34. The second-order valence-electron chi connectivity index (χ2n) is 2.72. The number of hydrogen-bond donors (Lipinski definition) is 0. The van der Waals surface area contributed by atoms with Crippen LogP contribution in [0.3, 0.4) is 0 Å². The van der Waals surface area contributed by atoms with Crippen LogP contribution in [0.25, 0.3) is 0 Å². The summed E-state index contributed by atoms with van der Waals surface area (Å²) in [6, 6.07) is 0.584. The maximum Gasteiger partial charge on any atom is 0.0951 e. The molecule has 2 nitrogen and oxygen atoms in total. The van der Waals surface area contributed by atoms with E-state index in [1.54, 1.807) is 0 Å². The van der Waals surface area contributed by atoms with Crippen LogP contribution in [-0.2, 0) is 0 Å². The highest BCUT2D eigenvalue weighted by molar-refractivity contribution is 4.93. The maximum atomic E-state index is 4.15. The summed E-state index contributed by atoms with van der Waals surface area (Å²) in [7, 11) is 0. The fourth-order valence-electron chi connectivity index (χ4n) is 0.892. The van der Waals surface area contributed by atoms with E-state index in [4.69, 9.17) is 0 Å². The molecule has 0 aliphatic heterocycles. The minimum absolute atomic E-state index is 0.584. The largest absolute Gasteiger partial charge is 0.334 e. The zero-order valence-electron chi connectivity index (χ0n) is 6.83. The van der Waals surface area contributed by atoms with Crippen molar-refractivity contribution in [2.75, 3.05) is 0 Å². The topological polar surface area (TPSA) is 17.8 Å². The smallest absolute Gasteiger partial charge is 0.0951 e. The lowest BCUT2D eigenvalue weighted by Gasteiger charge is -2.08. The zero-order chi connectivity index (χ0) is 7.56. The van der Waals surface area contributed by atoms with Gasteiger partial charge in [-0.25, -0.2) is 4.98 Å². The molecule has 0 N–H and O–H groups in total. The van der Waals surface area contributed by atoms with Crippen molar-refractivity contribution in [3.05, 3.63) is 18.2 Å². The van der Waals surface area contributed by atoms with Crippen molar-refractivity contribution in [3.8, 4) is 0 Å². The van der Waals surface area contributed by atoms with Gasteiger partial charge < -0.3 is 4.57 Å². The van der Waals surface area contributed by atoms with Gasteiger partial charge in [-0.15, -0.1) is 0 Å². The fraction of sp³-hybridized carbons (Fsp3) is 0.625. The van der Waals surface area contributed by atoms with Gasteiger partial charge in [0.1, 0.15) is 0 Å². The van der Waals surface area contributed by atoms with Gasteiger partial charge in [0.05, 0.1) is 12.0 Å². The number of hydrogen-bond acceptors (Lipinski definition) is 1. The van der Waals surface area contributed by atoms with Crippen LogP contribution in [0.2, 0.25) is 0 Å². The summed E-state index contributed by atoms with van der Waals surface area (Å²) in [5.74, 6) is 0. The van der Waals surface area contributed by atoms with Gasteiger partial charge in [-0.1, -0.05) is 6.92 Å². The Morgan fingerprint density at radius 3 is 2.80 bits per heavy atom. The molecule has 1 rings (SSSR count). The van der Waals surface area contributed by atoms with Crippen LogP contribution in [0, 0.1) is 6.92 Å². The Labute approximate surface area is 61.9 Å². The SMILES string of the molecule is CC[C@H](C)n1cnc(C)c1. The van der Waals surface area contributed by atoms with E-state index in [0.29, 0.717) is 6.04 Å². The predicted octanol–water partition coefficient (Wildman–Crippen LogP) is 2.16. The van der Waals surface area contributed by atoms with Gasteiger partial charge in [-0.2, -0.15) is 0 Å². The summed E-state index contributed by atoms with van der Waals surface area (Å²) in [5.41, 5.74) is 1.10. The van der Waals surface area contributed by atoms with Gasteiger partial charge in [-0.3, -0.25) is 0 Å². The van der Waals surface area contributed by atoms with Crippen LogP contribution in [0.1, 0.15) is 32.0 Å². The Bertz CT molecular complexity index is 203. The molecule has 1 atom stereocenters. The molecule has 2 heteroatoms. The van der Waals surface area contributed by atoms with Crippen molar-refractivity contribution in [2.24, 2.45) is 0 Å². The molecule has 1 heterocycles. The molecule has 0 amide bonds. The van der Waals surface area contributed by atoms with Gasteiger partial charge in [0.2, 0.25) is 0 Å². The molecule has 10 heavy (non-hydrogen) atoms. The van der Waals surface area contributed by atoms with Crippen molar-refractivity contribution >= 4 is 0 Å². The van der Waals surface area contributed by atoms with Crippen molar-refractivity contribution in [1.29, 1.82) is 0 Å². The van der Waals surface area contributed by atoms with E-state index in [9.17, 15) is 0 Å². The fourth-order valence-corrected chi connectivity index (χ4v) is 0.892. The average molecular weight is 138 g/mol. The summed E-state index contributed by atoms with van der Waals surface area (Å²) in [4.78, 5) is 4.15. The predicted molar refractivity (Wildman–Crippen MR) is 42.0 cm³/mol. The summed E-state index contributed by atoms with van der Waals surface area (Å²) in [6.07, 6.45) is 5.13. The molecule has 0 saturated carbocycles. The number of aryl methyl sites for hydroxylation is 1. The third-order valence-electron chi connectivity index (χ3n) is 1.83. The molecular formula is C8H14N2. The highest BCUT2D eigenvalue weighted by atomic mass is 15.1. The third kappa shape index (κ3) is 1.38. The van der Waals surface area contributed by atoms with Gasteiger partial charge in [0.15, 0.2) is 0 Å². The second-order valence-corrected chi connectivity index (χ2v) is 2.72. The van der Waals surface area contributed by atoms with Gasteiger partial charge in [0, 0.05) is 12.2 Å². The van der Waals surface area contributed by atoms with Gasteiger partial charge >= 0.3 is 0 Å². The monoisotopic (exact) mass is 138 g/mol. The quantitative estimate of drug-likeness (QED) is 0.612. The second kappa shape index (κ2) is 2.86. The Kier molecular flexibility index (Phi) is 2.10. The van der Waals surface area contributed by atoms with Crippen LogP contribution in [-0.4, -0.2) is 9.55 Å². The number of imidazole rings is 1. The van der Waals surface area contributed by atoms with Crippen molar-refractivity contribution in [2.45, 2.75) is 33.2 Å². The third-order valence-corrected chi connectivity index (χ3v) is 1.83. The summed E-state index contributed by atoms with van der Waals surface area (Å²) in [6.45, 7) is 6.39. The first-order valence-electron chi connectivity index (χ1n) is 3.74.